The van der Waals surface area contributed by atoms with Crippen LogP contribution < -0.4 is 10.2 Å². The highest BCUT2D eigenvalue weighted by atomic mass is 16.6. The predicted molar refractivity (Wildman–Crippen MR) is 72.0 cm³/mol. The summed E-state index contributed by atoms with van der Waals surface area (Å²) < 4.78 is 5.25. The molecule has 2 rings (SSSR count). The second kappa shape index (κ2) is 5.40. The van der Waals surface area contributed by atoms with Crippen molar-refractivity contribution in [3.8, 4) is 0 Å². The molecule has 1 fully saturated rings. The fourth-order valence-corrected chi connectivity index (χ4v) is 2.29. The van der Waals surface area contributed by atoms with E-state index in [0.717, 1.165) is 17.8 Å². The Morgan fingerprint density at radius 1 is 1.44 bits per heavy atom. The molecule has 1 saturated heterocycles. The third-order valence-corrected chi connectivity index (χ3v) is 3.46. The quantitative estimate of drug-likeness (QED) is 0.890. The molecule has 98 valence electrons. The van der Waals surface area contributed by atoms with E-state index in [1.54, 1.807) is 4.90 Å². The van der Waals surface area contributed by atoms with Gasteiger partial charge in [0.05, 0.1) is 12.3 Å². The van der Waals surface area contributed by atoms with Gasteiger partial charge in [-0.05, 0) is 38.1 Å². The van der Waals surface area contributed by atoms with Crippen LogP contribution in [0.3, 0.4) is 0 Å². The van der Waals surface area contributed by atoms with Gasteiger partial charge in [-0.2, -0.15) is 0 Å². The van der Waals surface area contributed by atoms with E-state index in [1.165, 1.54) is 5.56 Å². The Labute approximate surface area is 108 Å². The first-order valence-corrected chi connectivity index (χ1v) is 6.28. The van der Waals surface area contributed by atoms with Gasteiger partial charge in [0.15, 0.2) is 0 Å². The van der Waals surface area contributed by atoms with Crippen LogP contribution in [0.15, 0.2) is 18.2 Å². The first-order chi connectivity index (χ1) is 8.63. The monoisotopic (exact) mass is 248 g/mol. The number of hydrogen-bond donors (Lipinski definition) is 1. The van der Waals surface area contributed by atoms with E-state index in [4.69, 9.17) is 4.74 Å². The van der Waals surface area contributed by atoms with Crippen molar-refractivity contribution in [1.29, 1.82) is 0 Å². The number of anilines is 1. The fourth-order valence-electron chi connectivity index (χ4n) is 2.29. The second-order valence-corrected chi connectivity index (χ2v) is 4.83. The van der Waals surface area contributed by atoms with Crippen molar-refractivity contribution >= 4 is 11.8 Å². The van der Waals surface area contributed by atoms with Gasteiger partial charge in [-0.3, -0.25) is 4.90 Å². The van der Waals surface area contributed by atoms with Crippen molar-refractivity contribution in [3.63, 3.8) is 0 Å². The highest BCUT2D eigenvalue weighted by Gasteiger charge is 2.28. The zero-order valence-electron chi connectivity index (χ0n) is 11.2. The first-order valence-electron chi connectivity index (χ1n) is 6.28. The summed E-state index contributed by atoms with van der Waals surface area (Å²) in [6.07, 6.45) is -0.240. The van der Waals surface area contributed by atoms with Gasteiger partial charge in [0.1, 0.15) is 0 Å². The number of nitrogens with zero attached hydrogens (tertiary/aromatic N) is 1. The molecule has 4 heteroatoms. The van der Waals surface area contributed by atoms with Gasteiger partial charge in [-0.15, -0.1) is 0 Å². The molecule has 1 heterocycles. The average molecular weight is 248 g/mol. The molecule has 0 saturated carbocycles. The topological polar surface area (TPSA) is 41.6 Å². The molecule has 0 spiro atoms. The Hall–Kier alpha value is -1.55. The number of hydrogen-bond acceptors (Lipinski definition) is 3. The van der Waals surface area contributed by atoms with Gasteiger partial charge in [0.25, 0.3) is 0 Å². The van der Waals surface area contributed by atoms with Crippen molar-refractivity contribution in [2.75, 3.05) is 31.6 Å². The lowest BCUT2D eigenvalue weighted by Crippen LogP contribution is -2.46. The zero-order valence-corrected chi connectivity index (χ0v) is 11.2. The van der Waals surface area contributed by atoms with Gasteiger partial charge in [-0.25, -0.2) is 4.79 Å². The SMILES string of the molecule is CNCC1COC(=O)N(c2cccc(C)c2C)C1. The molecule has 0 bridgehead atoms. The number of ether oxygens (including phenoxy) is 1. The van der Waals surface area contributed by atoms with Crippen LogP contribution >= 0.6 is 0 Å². The van der Waals surface area contributed by atoms with Gasteiger partial charge in [-0.1, -0.05) is 12.1 Å². The van der Waals surface area contributed by atoms with Crippen LogP contribution in [-0.4, -0.2) is 32.8 Å². The van der Waals surface area contributed by atoms with Crippen molar-refractivity contribution < 1.29 is 9.53 Å². The summed E-state index contributed by atoms with van der Waals surface area (Å²) in [6.45, 7) is 6.17. The summed E-state index contributed by atoms with van der Waals surface area (Å²) >= 11 is 0. The molecule has 1 unspecified atom stereocenters. The van der Waals surface area contributed by atoms with E-state index >= 15 is 0 Å². The fraction of sp³-hybridized carbons (Fsp3) is 0.500. The Bertz CT molecular complexity index is 445. The van der Waals surface area contributed by atoms with Gasteiger partial charge in [0, 0.05) is 19.0 Å². The average Bonchev–Trinajstić information content (AvgIpc) is 2.36. The molecule has 1 N–H and O–H groups in total. The summed E-state index contributed by atoms with van der Waals surface area (Å²) in [5.74, 6) is 0.340. The Morgan fingerprint density at radius 3 is 2.94 bits per heavy atom. The predicted octanol–water partition coefficient (Wildman–Crippen LogP) is 2.10. The standard InChI is InChI=1S/C14H20N2O2/c1-10-5-4-6-13(11(10)2)16-8-12(7-15-3)9-18-14(16)17/h4-6,12,15H,7-9H2,1-3H3. The van der Waals surface area contributed by atoms with Gasteiger partial charge in [0.2, 0.25) is 0 Å². The van der Waals surface area contributed by atoms with Crippen LogP contribution in [0.4, 0.5) is 10.5 Å². The molecule has 1 aromatic carbocycles. The second-order valence-electron chi connectivity index (χ2n) is 4.83. The largest absolute Gasteiger partial charge is 0.449 e. The number of cyclic esters (lactones) is 1. The zero-order chi connectivity index (χ0) is 13.1. The lowest BCUT2D eigenvalue weighted by molar-refractivity contribution is 0.115. The van der Waals surface area contributed by atoms with Crippen LogP contribution in [0.5, 0.6) is 0 Å². The normalized spacial score (nSPS) is 19.8. The molecule has 1 aliphatic rings. The maximum Gasteiger partial charge on any atom is 0.414 e. The van der Waals surface area contributed by atoms with Crippen LogP contribution in [0, 0.1) is 19.8 Å². The minimum Gasteiger partial charge on any atom is -0.449 e. The number of carbonyl (C=O) groups is 1. The van der Waals surface area contributed by atoms with Crippen LogP contribution in [0.1, 0.15) is 11.1 Å². The minimum absolute atomic E-state index is 0.240. The third kappa shape index (κ3) is 2.48. The molecule has 0 radical (unpaired) electrons. The van der Waals surface area contributed by atoms with E-state index in [0.29, 0.717) is 19.1 Å². The van der Waals surface area contributed by atoms with Crippen LogP contribution in [-0.2, 0) is 4.74 Å². The number of carbonyl (C=O) groups excluding carboxylic acids is 1. The highest BCUT2D eigenvalue weighted by Crippen LogP contribution is 2.26. The maximum atomic E-state index is 11.9. The van der Waals surface area contributed by atoms with Gasteiger partial charge >= 0.3 is 6.09 Å². The molecular formula is C14H20N2O2. The summed E-state index contributed by atoms with van der Waals surface area (Å²) in [5, 5.41) is 3.13. The molecule has 4 nitrogen and oxygen atoms in total. The molecular weight excluding hydrogens is 228 g/mol. The summed E-state index contributed by atoms with van der Waals surface area (Å²) in [5.41, 5.74) is 3.29. The van der Waals surface area contributed by atoms with Crippen molar-refractivity contribution in [3.05, 3.63) is 29.3 Å². The molecule has 1 amide bonds. The Morgan fingerprint density at radius 2 is 2.22 bits per heavy atom. The van der Waals surface area contributed by atoms with Crippen LogP contribution in [0.25, 0.3) is 0 Å². The van der Waals surface area contributed by atoms with E-state index in [9.17, 15) is 4.79 Å². The van der Waals surface area contributed by atoms with Crippen molar-refractivity contribution in [1.82, 2.24) is 5.32 Å². The number of aryl methyl sites for hydroxylation is 1. The van der Waals surface area contributed by atoms with E-state index in [-0.39, 0.29) is 6.09 Å². The molecule has 1 aliphatic heterocycles. The van der Waals surface area contributed by atoms with Gasteiger partial charge < -0.3 is 10.1 Å². The Kier molecular flexibility index (Phi) is 3.87. The maximum absolute atomic E-state index is 11.9. The molecule has 18 heavy (non-hydrogen) atoms. The van der Waals surface area contributed by atoms with E-state index < -0.39 is 0 Å². The van der Waals surface area contributed by atoms with Crippen molar-refractivity contribution in [2.45, 2.75) is 13.8 Å². The molecule has 1 atom stereocenters. The lowest BCUT2D eigenvalue weighted by Gasteiger charge is -2.33. The van der Waals surface area contributed by atoms with Crippen LogP contribution in [0.2, 0.25) is 0 Å². The summed E-state index contributed by atoms with van der Waals surface area (Å²) in [6, 6.07) is 6.01. The number of benzene rings is 1. The highest BCUT2D eigenvalue weighted by molar-refractivity contribution is 5.89. The number of amides is 1. The van der Waals surface area contributed by atoms with E-state index in [1.807, 2.05) is 26.1 Å². The van der Waals surface area contributed by atoms with Crippen molar-refractivity contribution in [2.24, 2.45) is 5.92 Å². The lowest BCUT2D eigenvalue weighted by atomic mass is 10.0. The number of nitrogens with one attached hydrogen (secondary N) is 1. The minimum atomic E-state index is -0.240. The molecule has 0 aliphatic carbocycles. The Balaban J connectivity index is 2.24. The molecule has 0 aromatic heterocycles. The summed E-state index contributed by atoms with van der Waals surface area (Å²) in [7, 11) is 1.92. The number of rotatable bonds is 3. The molecule has 1 aromatic rings. The third-order valence-electron chi connectivity index (χ3n) is 3.46. The summed E-state index contributed by atoms with van der Waals surface area (Å²) in [4.78, 5) is 13.6. The smallest absolute Gasteiger partial charge is 0.414 e. The first kappa shape index (κ1) is 12.9. The van der Waals surface area contributed by atoms with E-state index in [2.05, 4.69) is 18.3 Å².